The van der Waals surface area contributed by atoms with Gasteiger partial charge in [0.1, 0.15) is 0 Å². The number of fused-ring (bicyclic) bond motifs is 9. The van der Waals surface area contributed by atoms with Gasteiger partial charge in [-0.3, -0.25) is 0 Å². The molecule has 7 aromatic carbocycles. The fourth-order valence-corrected chi connectivity index (χ4v) is 8.28. The molecule has 10 rings (SSSR count). The normalized spacial score (nSPS) is 13.5. The summed E-state index contributed by atoms with van der Waals surface area (Å²) in [5.74, 6) is 0. The van der Waals surface area contributed by atoms with E-state index in [4.69, 9.17) is 0 Å². The summed E-state index contributed by atoms with van der Waals surface area (Å²) in [7, 11) is 0. The Hall–Kier alpha value is -5.86. The molecule has 9 aromatic rings. The predicted molar refractivity (Wildman–Crippen MR) is 198 cm³/mol. The van der Waals surface area contributed by atoms with Crippen molar-refractivity contribution in [3.05, 3.63) is 169 Å². The van der Waals surface area contributed by atoms with Crippen LogP contribution in [-0.2, 0) is 5.41 Å². The van der Waals surface area contributed by atoms with Crippen molar-refractivity contribution in [1.82, 2.24) is 9.13 Å². The van der Waals surface area contributed by atoms with Crippen LogP contribution in [-0.4, -0.2) is 9.13 Å². The molecule has 2 aromatic heterocycles. The van der Waals surface area contributed by atoms with Gasteiger partial charge in [0, 0.05) is 38.3 Å². The van der Waals surface area contributed by atoms with E-state index in [1.54, 1.807) is 0 Å². The number of hydrogen-bond donors (Lipinski definition) is 0. The maximum absolute atomic E-state index is 2.46. The maximum Gasteiger partial charge on any atom is 0.0547 e. The van der Waals surface area contributed by atoms with Crippen LogP contribution in [0.15, 0.2) is 158 Å². The molecule has 1 aliphatic carbocycles. The Balaban J connectivity index is 1.17. The van der Waals surface area contributed by atoms with Crippen LogP contribution >= 0.6 is 0 Å². The average molecular weight is 601 g/mol. The lowest BCUT2D eigenvalue weighted by Gasteiger charge is -2.22. The second-order valence-corrected chi connectivity index (χ2v) is 13.4. The summed E-state index contributed by atoms with van der Waals surface area (Å²) < 4.78 is 4.86. The maximum atomic E-state index is 2.46. The smallest absolute Gasteiger partial charge is 0.0547 e. The van der Waals surface area contributed by atoms with E-state index in [1.165, 1.54) is 88.4 Å². The van der Waals surface area contributed by atoms with E-state index in [2.05, 4.69) is 181 Å². The molecule has 0 unspecified atom stereocenters. The minimum atomic E-state index is -0.0564. The van der Waals surface area contributed by atoms with Gasteiger partial charge in [-0.25, -0.2) is 0 Å². The molecule has 2 heteroatoms. The van der Waals surface area contributed by atoms with Crippen molar-refractivity contribution in [2.75, 3.05) is 0 Å². The molecule has 0 saturated heterocycles. The molecule has 2 heterocycles. The van der Waals surface area contributed by atoms with Crippen molar-refractivity contribution >= 4 is 43.6 Å². The summed E-state index contributed by atoms with van der Waals surface area (Å²) in [6.07, 6.45) is 0. The lowest BCUT2D eigenvalue weighted by molar-refractivity contribution is 0.660. The van der Waals surface area contributed by atoms with Crippen LogP contribution in [0.2, 0.25) is 0 Å². The van der Waals surface area contributed by atoms with E-state index in [-0.39, 0.29) is 5.41 Å². The first-order chi connectivity index (χ1) is 23.1. The van der Waals surface area contributed by atoms with Gasteiger partial charge < -0.3 is 9.13 Å². The molecule has 0 fully saturated rings. The summed E-state index contributed by atoms with van der Waals surface area (Å²) in [6, 6.07) is 58.1. The van der Waals surface area contributed by atoms with Crippen LogP contribution in [0.3, 0.4) is 0 Å². The third-order valence-corrected chi connectivity index (χ3v) is 10.5. The molecule has 0 bridgehead atoms. The first-order valence-corrected chi connectivity index (χ1v) is 16.4. The van der Waals surface area contributed by atoms with E-state index in [0.717, 1.165) is 0 Å². The van der Waals surface area contributed by atoms with Gasteiger partial charge in [0.25, 0.3) is 0 Å². The predicted octanol–water partition coefficient (Wildman–Crippen LogP) is 11.9. The first-order valence-electron chi connectivity index (χ1n) is 16.4. The number of aromatic nitrogens is 2. The molecule has 0 spiro atoms. The van der Waals surface area contributed by atoms with Gasteiger partial charge in [-0.2, -0.15) is 0 Å². The lowest BCUT2D eigenvalue weighted by Crippen LogP contribution is -2.15. The van der Waals surface area contributed by atoms with Crippen molar-refractivity contribution in [3.8, 4) is 33.6 Å². The summed E-state index contributed by atoms with van der Waals surface area (Å²) in [5, 5.41) is 5.10. The van der Waals surface area contributed by atoms with Gasteiger partial charge in [-0.1, -0.05) is 123 Å². The SMILES string of the molecule is CC1(C)c2ccccc2-c2ccc(-n3c4ccccc4c4ccc(-c5cccc(-n6c7ccccc7c7ccccc76)c5)cc43)cc21. The molecule has 47 heavy (non-hydrogen) atoms. The van der Waals surface area contributed by atoms with E-state index < -0.39 is 0 Å². The van der Waals surface area contributed by atoms with Crippen LogP contribution in [0.5, 0.6) is 0 Å². The Labute approximate surface area is 273 Å². The van der Waals surface area contributed by atoms with E-state index in [0.29, 0.717) is 0 Å². The molecular formula is C45H32N2. The molecule has 0 N–H and O–H groups in total. The highest BCUT2D eigenvalue weighted by Crippen LogP contribution is 2.49. The van der Waals surface area contributed by atoms with Gasteiger partial charge in [-0.05, 0) is 81.9 Å². The molecule has 0 aliphatic heterocycles. The van der Waals surface area contributed by atoms with Gasteiger partial charge in [0.05, 0.1) is 22.1 Å². The third kappa shape index (κ3) is 3.67. The zero-order valence-corrected chi connectivity index (χ0v) is 26.4. The lowest BCUT2D eigenvalue weighted by atomic mass is 9.82. The van der Waals surface area contributed by atoms with Crippen LogP contribution < -0.4 is 0 Å². The highest BCUT2D eigenvalue weighted by molar-refractivity contribution is 6.11. The summed E-state index contributed by atoms with van der Waals surface area (Å²) in [6.45, 7) is 4.71. The molecule has 222 valence electrons. The van der Waals surface area contributed by atoms with Crippen LogP contribution in [0.4, 0.5) is 0 Å². The molecule has 2 nitrogen and oxygen atoms in total. The highest BCUT2D eigenvalue weighted by atomic mass is 15.0. The van der Waals surface area contributed by atoms with Gasteiger partial charge in [0.2, 0.25) is 0 Å². The Bertz CT molecular complexity index is 2660. The average Bonchev–Trinajstić information content (AvgIpc) is 3.71. The second kappa shape index (κ2) is 9.57. The van der Waals surface area contributed by atoms with E-state index in [9.17, 15) is 0 Å². The zero-order chi connectivity index (χ0) is 31.3. The Morgan fingerprint density at radius 2 is 0.894 bits per heavy atom. The van der Waals surface area contributed by atoms with Gasteiger partial charge in [-0.15, -0.1) is 0 Å². The van der Waals surface area contributed by atoms with E-state index in [1.807, 2.05) is 0 Å². The molecular weight excluding hydrogens is 569 g/mol. The van der Waals surface area contributed by atoms with Crippen molar-refractivity contribution in [2.24, 2.45) is 0 Å². The van der Waals surface area contributed by atoms with Gasteiger partial charge >= 0.3 is 0 Å². The van der Waals surface area contributed by atoms with Crippen molar-refractivity contribution in [2.45, 2.75) is 19.3 Å². The summed E-state index contributed by atoms with van der Waals surface area (Å²) in [4.78, 5) is 0. The number of rotatable bonds is 3. The monoisotopic (exact) mass is 600 g/mol. The van der Waals surface area contributed by atoms with Crippen LogP contribution in [0.1, 0.15) is 25.0 Å². The topological polar surface area (TPSA) is 9.86 Å². The molecule has 0 saturated carbocycles. The fraction of sp³-hybridized carbons (Fsp3) is 0.0667. The number of hydrogen-bond acceptors (Lipinski definition) is 0. The van der Waals surface area contributed by atoms with Crippen LogP contribution in [0.25, 0.3) is 77.2 Å². The van der Waals surface area contributed by atoms with Gasteiger partial charge in [0.15, 0.2) is 0 Å². The molecule has 1 aliphatic rings. The minimum Gasteiger partial charge on any atom is -0.309 e. The number of benzene rings is 7. The fourth-order valence-electron chi connectivity index (χ4n) is 8.28. The van der Waals surface area contributed by atoms with Crippen molar-refractivity contribution < 1.29 is 0 Å². The Morgan fingerprint density at radius 1 is 0.362 bits per heavy atom. The largest absolute Gasteiger partial charge is 0.309 e. The number of nitrogens with zero attached hydrogens (tertiary/aromatic N) is 2. The minimum absolute atomic E-state index is 0.0564. The Morgan fingerprint density at radius 3 is 1.60 bits per heavy atom. The Kier molecular flexibility index (Phi) is 5.37. The molecule has 0 amide bonds. The highest BCUT2D eigenvalue weighted by Gasteiger charge is 2.35. The zero-order valence-electron chi connectivity index (χ0n) is 26.4. The quantitative estimate of drug-likeness (QED) is 0.191. The summed E-state index contributed by atoms with van der Waals surface area (Å²) in [5.41, 5.74) is 15.1. The van der Waals surface area contributed by atoms with Crippen LogP contribution in [0, 0.1) is 0 Å². The number of para-hydroxylation sites is 3. The molecule has 0 radical (unpaired) electrons. The first kappa shape index (κ1) is 26.4. The van der Waals surface area contributed by atoms with Crippen molar-refractivity contribution in [1.29, 1.82) is 0 Å². The molecule has 0 atom stereocenters. The van der Waals surface area contributed by atoms with E-state index >= 15 is 0 Å². The summed E-state index contributed by atoms with van der Waals surface area (Å²) >= 11 is 0. The third-order valence-electron chi connectivity index (χ3n) is 10.5. The second-order valence-electron chi connectivity index (χ2n) is 13.4. The van der Waals surface area contributed by atoms with Crippen molar-refractivity contribution in [3.63, 3.8) is 0 Å². The standard InChI is InChI=1S/C45H32N2/c1-45(2)39-18-7-3-14-33(39)34-25-23-32(28-40(34)45)47-43-21-10-6-17-37(43)38-24-22-30(27-44(38)47)29-12-11-13-31(26-29)46-41-19-8-4-15-35(41)36-16-5-9-20-42(36)46/h3-28H,1-2H3.